The number of aromatic nitrogens is 2. The molecule has 0 spiro atoms. The lowest BCUT2D eigenvalue weighted by Gasteiger charge is -2.24. The molecule has 2 heteroatoms. The fourth-order valence-electron chi connectivity index (χ4n) is 5.54. The lowest BCUT2D eigenvalue weighted by atomic mass is 9.80. The molecule has 0 aliphatic heterocycles. The third-order valence-electron chi connectivity index (χ3n) is 7.22. The standard InChI is InChI=1S/C33H37N2/c1-21-22-11-9-10-12-25(22)29(33(5,6)7)19-28(21)31-27-14-13-26-23(24(27)16-18-35(31)8)15-17-34-30(26)20-32(2,3)4/h9-19H,20H2,1-8H3/q+1. The Bertz CT molecular complexity index is 1590. The minimum Gasteiger partial charge on any atom is -0.261 e. The van der Waals surface area contributed by atoms with Gasteiger partial charge in [0.15, 0.2) is 6.20 Å². The molecule has 0 saturated carbocycles. The fraction of sp³-hybridized carbons (Fsp3) is 0.333. The largest absolute Gasteiger partial charge is 0.261 e. The topological polar surface area (TPSA) is 16.8 Å². The van der Waals surface area contributed by atoms with Crippen molar-refractivity contribution < 1.29 is 4.57 Å². The number of hydrogen-bond donors (Lipinski definition) is 0. The summed E-state index contributed by atoms with van der Waals surface area (Å²) in [6.07, 6.45) is 5.16. The van der Waals surface area contributed by atoms with E-state index < -0.39 is 0 Å². The van der Waals surface area contributed by atoms with Gasteiger partial charge in [0.05, 0.1) is 10.9 Å². The number of rotatable bonds is 2. The van der Waals surface area contributed by atoms with Crippen molar-refractivity contribution in [2.45, 2.75) is 60.3 Å². The molecule has 0 fully saturated rings. The smallest absolute Gasteiger partial charge is 0.220 e. The average Bonchev–Trinajstić information content (AvgIpc) is 2.78. The third kappa shape index (κ3) is 4.10. The van der Waals surface area contributed by atoms with Gasteiger partial charge in [-0.2, -0.15) is 0 Å². The van der Waals surface area contributed by atoms with E-state index in [2.05, 4.69) is 121 Å². The summed E-state index contributed by atoms with van der Waals surface area (Å²) in [6, 6.07) is 20.3. The predicted octanol–water partition coefficient (Wildman–Crippen LogP) is 8.23. The maximum absolute atomic E-state index is 4.78. The maximum Gasteiger partial charge on any atom is 0.220 e. The molecule has 35 heavy (non-hydrogen) atoms. The highest BCUT2D eigenvalue weighted by Crippen LogP contribution is 2.40. The molecule has 0 N–H and O–H groups in total. The molecular weight excluding hydrogens is 424 g/mol. The van der Waals surface area contributed by atoms with Crippen LogP contribution in [-0.2, 0) is 18.9 Å². The SMILES string of the molecule is Cc1c(-c2c3ccc4c(CC(C)(C)C)nccc4c3cc[n+]2C)cc(C(C)(C)C)c2ccccc12. The summed E-state index contributed by atoms with van der Waals surface area (Å²) < 4.78 is 2.29. The number of fused-ring (bicyclic) bond motifs is 4. The molecule has 0 aliphatic carbocycles. The van der Waals surface area contributed by atoms with Crippen LogP contribution in [0.3, 0.4) is 0 Å². The second kappa shape index (κ2) is 8.16. The molecule has 0 atom stereocenters. The van der Waals surface area contributed by atoms with E-state index >= 15 is 0 Å². The van der Waals surface area contributed by atoms with Gasteiger partial charge in [0.2, 0.25) is 5.69 Å². The van der Waals surface area contributed by atoms with Crippen molar-refractivity contribution in [2.24, 2.45) is 12.5 Å². The van der Waals surface area contributed by atoms with Crippen molar-refractivity contribution in [1.82, 2.24) is 4.98 Å². The van der Waals surface area contributed by atoms with Gasteiger partial charge in [0, 0.05) is 28.7 Å². The maximum atomic E-state index is 4.78. The fourth-order valence-corrected chi connectivity index (χ4v) is 5.54. The highest BCUT2D eigenvalue weighted by molar-refractivity contribution is 6.12. The van der Waals surface area contributed by atoms with Gasteiger partial charge >= 0.3 is 0 Å². The Hall–Kier alpha value is -3.26. The Morgan fingerprint density at radius 3 is 2.09 bits per heavy atom. The van der Waals surface area contributed by atoms with Gasteiger partial charge in [0.1, 0.15) is 7.05 Å². The van der Waals surface area contributed by atoms with Gasteiger partial charge in [-0.1, -0.05) is 71.9 Å². The summed E-state index contributed by atoms with van der Waals surface area (Å²) in [5.41, 5.74) is 6.73. The number of pyridine rings is 2. The molecule has 5 rings (SSSR count). The number of hydrogen-bond acceptors (Lipinski definition) is 1. The monoisotopic (exact) mass is 461 g/mol. The van der Waals surface area contributed by atoms with Crippen LogP contribution in [0.4, 0.5) is 0 Å². The summed E-state index contributed by atoms with van der Waals surface area (Å²) in [6.45, 7) is 16.1. The first kappa shape index (κ1) is 23.5. The first-order valence-electron chi connectivity index (χ1n) is 12.7. The zero-order valence-corrected chi connectivity index (χ0v) is 22.5. The Labute approximate surface area is 209 Å². The van der Waals surface area contributed by atoms with Crippen molar-refractivity contribution in [3.63, 3.8) is 0 Å². The molecule has 178 valence electrons. The zero-order valence-electron chi connectivity index (χ0n) is 22.5. The van der Waals surface area contributed by atoms with Gasteiger partial charge in [-0.05, 0) is 69.7 Å². The van der Waals surface area contributed by atoms with Crippen molar-refractivity contribution in [3.05, 3.63) is 83.8 Å². The number of nitrogens with zero attached hydrogens (tertiary/aromatic N) is 2. The molecule has 2 aromatic heterocycles. The third-order valence-corrected chi connectivity index (χ3v) is 7.22. The molecule has 2 heterocycles. The average molecular weight is 462 g/mol. The first-order valence-corrected chi connectivity index (χ1v) is 12.7. The Kier molecular flexibility index (Phi) is 5.47. The molecule has 0 saturated heterocycles. The minimum absolute atomic E-state index is 0.0471. The van der Waals surface area contributed by atoms with E-state index in [0.29, 0.717) is 0 Å². The quantitative estimate of drug-likeness (QED) is 0.191. The van der Waals surface area contributed by atoms with Crippen molar-refractivity contribution in [1.29, 1.82) is 0 Å². The van der Waals surface area contributed by atoms with Gasteiger partial charge in [-0.15, -0.1) is 0 Å². The summed E-state index contributed by atoms with van der Waals surface area (Å²) in [5.74, 6) is 0. The lowest BCUT2D eigenvalue weighted by Crippen LogP contribution is -2.31. The van der Waals surface area contributed by atoms with Gasteiger partial charge in [-0.3, -0.25) is 4.98 Å². The molecule has 0 radical (unpaired) electrons. The van der Waals surface area contributed by atoms with E-state index in [1.165, 1.54) is 60.4 Å². The van der Waals surface area contributed by atoms with Crippen LogP contribution in [0.1, 0.15) is 58.4 Å². The van der Waals surface area contributed by atoms with E-state index in [1.807, 2.05) is 6.20 Å². The van der Waals surface area contributed by atoms with Crippen LogP contribution < -0.4 is 4.57 Å². The van der Waals surface area contributed by atoms with Crippen molar-refractivity contribution in [2.75, 3.05) is 0 Å². The Balaban J connectivity index is 1.86. The number of aryl methyl sites for hydroxylation is 2. The van der Waals surface area contributed by atoms with E-state index in [4.69, 9.17) is 4.98 Å². The van der Waals surface area contributed by atoms with Crippen LogP contribution in [0.2, 0.25) is 0 Å². The molecule has 0 bridgehead atoms. The van der Waals surface area contributed by atoms with Crippen LogP contribution in [-0.4, -0.2) is 4.98 Å². The number of benzene rings is 3. The summed E-state index contributed by atoms with van der Waals surface area (Å²) >= 11 is 0. The van der Waals surface area contributed by atoms with Crippen LogP contribution in [0.25, 0.3) is 43.6 Å². The summed E-state index contributed by atoms with van der Waals surface area (Å²) in [5, 5.41) is 7.82. The lowest BCUT2D eigenvalue weighted by molar-refractivity contribution is -0.659. The van der Waals surface area contributed by atoms with E-state index in [-0.39, 0.29) is 10.8 Å². The molecule has 5 aromatic rings. The molecule has 3 aromatic carbocycles. The zero-order chi connectivity index (χ0) is 25.1. The second-order valence-electron chi connectivity index (χ2n) is 12.3. The van der Waals surface area contributed by atoms with Crippen molar-refractivity contribution >= 4 is 32.3 Å². The first-order chi connectivity index (χ1) is 16.5. The Morgan fingerprint density at radius 2 is 1.40 bits per heavy atom. The highest BCUT2D eigenvalue weighted by atomic mass is 14.9. The van der Waals surface area contributed by atoms with Crippen molar-refractivity contribution in [3.8, 4) is 11.3 Å². The highest BCUT2D eigenvalue weighted by Gasteiger charge is 2.25. The normalized spacial score (nSPS) is 12.7. The molecule has 0 aliphatic rings. The van der Waals surface area contributed by atoms with Crippen LogP contribution in [0, 0.1) is 12.3 Å². The molecular formula is C33H37N2+. The predicted molar refractivity (Wildman–Crippen MR) is 150 cm³/mol. The minimum atomic E-state index is 0.0471. The Morgan fingerprint density at radius 1 is 0.743 bits per heavy atom. The van der Waals surface area contributed by atoms with Gasteiger partial charge < -0.3 is 0 Å². The molecule has 0 unspecified atom stereocenters. The van der Waals surface area contributed by atoms with E-state index in [0.717, 1.165) is 6.42 Å². The second-order valence-corrected chi connectivity index (χ2v) is 12.3. The summed E-state index contributed by atoms with van der Waals surface area (Å²) in [4.78, 5) is 4.78. The van der Waals surface area contributed by atoms with Gasteiger partial charge in [-0.25, -0.2) is 4.57 Å². The van der Waals surface area contributed by atoms with Crippen LogP contribution in [0.15, 0.2) is 67.0 Å². The van der Waals surface area contributed by atoms with E-state index in [9.17, 15) is 0 Å². The van der Waals surface area contributed by atoms with Gasteiger partial charge in [0.25, 0.3) is 0 Å². The van der Waals surface area contributed by atoms with Crippen LogP contribution in [0.5, 0.6) is 0 Å². The van der Waals surface area contributed by atoms with Crippen LogP contribution >= 0.6 is 0 Å². The van der Waals surface area contributed by atoms with E-state index in [1.54, 1.807) is 0 Å². The molecule has 0 amide bonds. The molecule has 2 nitrogen and oxygen atoms in total. The summed E-state index contributed by atoms with van der Waals surface area (Å²) in [7, 11) is 2.17.